The Morgan fingerprint density at radius 2 is 1.65 bits per heavy atom. The first kappa shape index (κ1) is 23.2. The standard InChI is InChI=1S/C21H20F2N4O.CO2/c1-2-13-3-5-17(6-4-13)27-20-10-19(18(12-26-20)21(24)28)25-11-14-7-15(22)9-16(23)8-14;2-1-3/h3-10,12H,2,11H2,1H3,(H2,24,28)(H2,25,26,27);. The van der Waals surface area contributed by atoms with Gasteiger partial charge >= 0.3 is 6.15 Å². The molecule has 0 radical (unpaired) electrons. The van der Waals surface area contributed by atoms with Crippen molar-refractivity contribution in [3.05, 3.63) is 83.1 Å². The van der Waals surface area contributed by atoms with Crippen LogP contribution in [0.2, 0.25) is 0 Å². The summed E-state index contributed by atoms with van der Waals surface area (Å²) in [4.78, 5) is 32.1. The molecule has 7 nitrogen and oxygen atoms in total. The summed E-state index contributed by atoms with van der Waals surface area (Å²) in [6, 6.07) is 12.8. The number of pyridine rings is 1. The van der Waals surface area contributed by atoms with Crippen molar-refractivity contribution in [1.82, 2.24) is 4.98 Å². The van der Waals surface area contributed by atoms with Crippen LogP contribution in [-0.4, -0.2) is 17.0 Å². The lowest BCUT2D eigenvalue weighted by Gasteiger charge is -2.13. The van der Waals surface area contributed by atoms with Crippen LogP contribution >= 0.6 is 0 Å². The highest BCUT2D eigenvalue weighted by Gasteiger charge is 2.11. The third-order valence-electron chi connectivity index (χ3n) is 4.21. The molecule has 1 heterocycles. The Bertz CT molecular complexity index is 1060. The molecule has 1 amide bonds. The molecule has 0 unspecified atom stereocenters. The van der Waals surface area contributed by atoms with Crippen LogP contribution in [0, 0.1) is 11.6 Å². The van der Waals surface area contributed by atoms with Crippen molar-refractivity contribution < 1.29 is 23.2 Å². The average molecular weight is 426 g/mol. The van der Waals surface area contributed by atoms with Crippen LogP contribution in [0.5, 0.6) is 0 Å². The number of aromatic nitrogens is 1. The van der Waals surface area contributed by atoms with Crippen molar-refractivity contribution in [3.63, 3.8) is 0 Å². The highest BCUT2D eigenvalue weighted by Crippen LogP contribution is 2.23. The van der Waals surface area contributed by atoms with E-state index in [1.807, 2.05) is 24.3 Å². The van der Waals surface area contributed by atoms with Crippen molar-refractivity contribution in [2.75, 3.05) is 10.6 Å². The Morgan fingerprint density at radius 3 is 2.19 bits per heavy atom. The third kappa shape index (κ3) is 7.02. The van der Waals surface area contributed by atoms with Crippen molar-refractivity contribution in [2.45, 2.75) is 19.9 Å². The van der Waals surface area contributed by atoms with Gasteiger partial charge in [0.15, 0.2) is 0 Å². The Morgan fingerprint density at radius 1 is 1.03 bits per heavy atom. The molecule has 0 fully saturated rings. The molecule has 0 spiro atoms. The molecule has 3 rings (SSSR count). The van der Waals surface area contributed by atoms with E-state index < -0.39 is 17.5 Å². The molecule has 0 saturated carbocycles. The second kappa shape index (κ2) is 11.2. The van der Waals surface area contributed by atoms with Crippen molar-refractivity contribution >= 4 is 29.3 Å². The van der Waals surface area contributed by atoms with Gasteiger partial charge in [-0.25, -0.2) is 13.8 Å². The number of benzene rings is 2. The van der Waals surface area contributed by atoms with Crippen LogP contribution in [0.4, 0.5) is 26.0 Å². The first-order chi connectivity index (χ1) is 14.9. The van der Waals surface area contributed by atoms with Crippen LogP contribution < -0.4 is 16.4 Å². The molecule has 160 valence electrons. The first-order valence-electron chi connectivity index (χ1n) is 9.20. The molecule has 9 heteroatoms. The van der Waals surface area contributed by atoms with Crippen LogP contribution in [0.25, 0.3) is 0 Å². The average Bonchev–Trinajstić information content (AvgIpc) is 2.73. The topological polar surface area (TPSA) is 114 Å². The second-order valence-corrected chi connectivity index (χ2v) is 6.37. The molecule has 0 aliphatic heterocycles. The maximum Gasteiger partial charge on any atom is 0.373 e. The molecule has 2 aromatic carbocycles. The zero-order valence-electron chi connectivity index (χ0n) is 16.6. The number of primary amides is 1. The summed E-state index contributed by atoms with van der Waals surface area (Å²) in [5, 5.41) is 6.15. The van der Waals surface area contributed by atoms with Gasteiger partial charge in [-0.15, -0.1) is 0 Å². The van der Waals surface area contributed by atoms with Gasteiger partial charge in [-0.2, -0.15) is 9.59 Å². The quantitative estimate of drug-likeness (QED) is 0.530. The molecule has 0 aliphatic carbocycles. The number of carbonyl (C=O) groups is 1. The fourth-order valence-electron chi connectivity index (χ4n) is 2.75. The zero-order valence-corrected chi connectivity index (χ0v) is 16.6. The predicted octanol–water partition coefficient (Wildman–Crippen LogP) is 3.79. The van der Waals surface area contributed by atoms with Crippen LogP contribution in [0.3, 0.4) is 0 Å². The SMILES string of the molecule is CCc1ccc(Nc2cc(NCc3cc(F)cc(F)c3)c(C(N)=O)cn2)cc1.O=C=O. The number of hydrogen-bond acceptors (Lipinski definition) is 6. The number of nitrogens with zero attached hydrogens (tertiary/aromatic N) is 1. The van der Waals surface area contributed by atoms with E-state index in [1.54, 1.807) is 6.07 Å². The minimum Gasteiger partial charge on any atom is -0.380 e. The number of carbonyl (C=O) groups excluding carboxylic acids is 3. The summed E-state index contributed by atoms with van der Waals surface area (Å²) >= 11 is 0. The summed E-state index contributed by atoms with van der Waals surface area (Å²) in [5.41, 5.74) is 8.46. The van der Waals surface area contributed by atoms with Crippen molar-refractivity contribution in [3.8, 4) is 0 Å². The maximum absolute atomic E-state index is 13.4. The number of halogens is 2. The lowest BCUT2D eigenvalue weighted by Crippen LogP contribution is -2.15. The predicted molar refractivity (Wildman–Crippen MR) is 111 cm³/mol. The summed E-state index contributed by atoms with van der Waals surface area (Å²) in [6.07, 6.45) is 2.56. The van der Waals surface area contributed by atoms with Gasteiger partial charge in [0, 0.05) is 30.6 Å². The number of hydrogen-bond donors (Lipinski definition) is 3. The molecular formula is C22H20F2N4O3. The number of aryl methyl sites for hydroxylation is 1. The molecular weight excluding hydrogens is 406 g/mol. The molecule has 0 aliphatic rings. The molecule has 4 N–H and O–H groups in total. The van der Waals surface area contributed by atoms with Gasteiger partial charge in [0.1, 0.15) is 17.5 Å². The monoisotopic (exact) mass is 426 g/mol. The highest BCUT2D eigenvalue weighted by molar-refractivity contribution is 5.98. The molecule has 31 heavy (non-hydrogen) atoms. The number of amides is 1. The summed E-state index contributed by atoms with van der Waals surface area (Å²) in [7, 11) is 0. The van der Waals surface area contributed by atoms with Gasteiger partial charge in [0.2, 0.25) is 0 Å². The Labute approximate surface area is 177 Å². The van der Waals surface area contributed by atoms with Crippen LogP contribution in [0.15, 0.2) is 54.7 Å². The fourth-order valence-corrected chi connectivity index (χ4v) is 2.75. The van der Waals surface area contributed by atoms with E-state index >= 15 is 0 Å². The minimum absolute atomic E-state index is 0.115. The van der Waals surface area contributed by atoms with Gasteiger partial charge in [0.05, 0.1) is 11.3 Å². The van der Waals surface area contributed by atoms with Crippen molar-refractivity contribution in [1.29, 1.82) is 0 Å². The van der Waals surface area contributed by atoms with Gasteiger partial charge in [0.25, 0.3) is 5.91 Å². The largest absolute Gasteiger partial charge is 0.380 e. The second-order valence-electron chi connectivity index (χ2n) is 6.37. The van der Waals surface area contributed by atoms with E-state index in [-0.39, 0.29) is 18.3 Å². The minimum atomic E-state index is -0.667. The first-order valence-corrected chi connectivity index (χ1v) is 9.20. The highest BCUT2D eigenvalue weighted by atomic mass is 19.1. The Kier molecular flexibility index (Phi) is 8.36. The van der Waals surface area contributed by atoms with Gasteiger partial charge in [-0.05, 0) is 41.8 Å². The lowest BCUT2D eigenvalue weighted by molar-refractivity contribution is -0.191. The van der Waals surface area contributed by atoms with E-state index in [1.165, 1.54) is 23.9 Å². The number of nitrogens with two attached hydrogens (primary N) is 1. The van der Waals surface area contributed by atoms with Crippen LogP contribution in [-0.2, 0) is 22.6 Å². The third-order valence-corrected chi connectivity index (χ3v) is 4.21. The number of anilines is 3. The summed E-state index contributed by atoms with van der Waals surface area (Å²) in [5.74, 6) is -1.49. The number of rotatable bonds is 7. The van der Waals surface area contributed by atoms with E-state index in [4.69, 9.17) is 15.3 Å². The van der Waals surface area contributed by atoms with Gasteiger partial charge in [-0.1, -0.05) is 19.1 Å². The van der Waals surface area contributed by atoms with E-state index in [9.17, 15) is 13.6 Å². The molecule has 1 aromatic heterocycles. The van der Waals surface area contributed by atoms with Crippen molar-refractivity contribution in [2.24, 2.45) is 5.73 Å². The normalized spacial score (nSPS) is 9.77. The van der Waals surface area contributed by atoms with Crippen LogP contribution in [0.1, 0.15) is 28.4 Å². The van der Waals surface area contributed by atoms with Gasteiger partial charge in [-0.3, -0.25) is 4.79 Å². The summed E-state index contributed by atoms with van der Waals surface area (Å²) in [6.45, 7) is 2.19. The number of nitrogens with one attached hydrogen (secondary N) is 2. The summed E-state index contributed by atoms with van der Waals surface area (Å²) < 4.78 is 26.7. The van der Waals surface area contributed by atoms with Gasteiger partial charge < -0.3 is 16.4 Å². The fraction of sp³-hybridized carbons (Fsp3) is 0.136. The molecule has 0 atom stereocenters. The van der Waals surface area contributed by atoms with E-state index in [2.05, 4.69) is 22.5 Å². The zero-order chi connectivity index (χ0) is 22.8. The van der Waals surface area contributed by atoms with E-state index in [0.29, 0.717) is 17.1 Å². The molecule has 3 aromatic rings. The Balaban J connectivity index is 0.00000107. The maximum atomic E-state index is 13.4. The molecule has 0 bridgehead atoms. The van der Waals surface area contributed by atoms with E-state index in [0.717, 1.165) is 18.2 Å². The Hall–Kier alpha value is -4.10. The smallest absolute Gasteiger partial charge is 0.373 e. The lowest BCUT2D eigenvalue weighted by atomic mass is 10.1. The molecule has 0 saturated heterocycles.